The number of hydrogen-bond acceptors (Lipinski definition) is 7. The van der Waals surface area contributed by atoms with Gasteiger partial charge in [-0.05, 0) is 31.2 Å². The maximum Gasteiger partial charge on any atom is 0.491 e. The van der Waals surface area contributed by atoms with E-state index in [0.29, 0.717) is 24.4 Å². The predicted octanol–water partition coefficient (Wildman–Crippen LogP) is 3.15. The summed E-state index contributed by atoms with van der Waals surface area (Å²) >= 11 is 0. The quantitative estimate of drug-likeness (QED) is 0.488. The van der Waals surface area contributed by atoms with Gasteiger partial charge < -0.3 is 14.8 Å². The lowest BCUT2D eigenvalue weighted by molar-refractivity contribution is -0.189. The number of halogens is 3. The molecule has 3 aromatic rings. The number of benzene rings is 2. The van der Waals surface area contributed by atoms with Gasteiger partial charge in [0.1, 0.15) is 5.75 Å². The highest BCUT2D eigenvalue weighted by atomic mass is 32.2. The summed E-state index contributed by atoms with van der Waals surface area (Å²) in [6.45, 7) is 5.08. The van der Waals surface area contributed by atoms with Gasteiger partial charge in [-0.25, -0.2) is 17.2 Å². The van der Waals surface area contributed by atoms with Crippen molar-refractivity contribution in [2.75, 3.05) is 32.8 Å². The Morgan fingerprint density at radius 1 is 1.06 bits per heavy atom. The number of alkyl halides is 3. The number of nitrogens with zero attached hydrogens (tertiary/aromatic N) is 2. The van der Waals surface area contributed by atoms with Gasteiger partial charge in [-0.15, -0.1) is 0 Å². The van der Waals surface area contributed by atoms with E-state index in [1.807, 2.05) is 0 Å². The number of ether oxygens (including phenoxy) is 2. The van der Waals surface area contributed by atoms with Gasteiger partial charge in [0.05, 0.1) is 28.6 Å². The van der Waals surface area contributed by atoms with Crippen molar-refractivity contribution in [3.05, 3.63) is 54.2 Å². The smallest absolute Gasteiger partial charge is 0.491 e. The third-order valence-corrected chi connectivity index (χ3v) is 7.28. The zero-order valence-electron chi connectivity index (χ0n) is 18.8. The summed E-state index contributed by atoms with van der Waals surface area (Å²) in [6.07, 6.45) is -4.35. The Bertz CT molecular complexity index is 1320. The number of fused-ring (bicyclic) bond motifs is 1. The van der Waals surface area contributed by atoms with Crippen LogP contribution in [0.15, 0.2) is 53.6 Å². The number of piperazine rings is 1. The van der Waals surface area contributed by atoms with Crippen LogP contribution in [0.1, 0.15) is 12.5 Å². The molecular weight excluding hydrogens is 487 g/mol. The van der Waals surface area contributed by atoms with E-state index in [0.717, 1.165) is 23.3 Å². The molecule has 1 aromatic heterocycles. The number of carbonyl (C=O) groups is 1. The normalized spacial score (nSPS) is 15.3. The molecule has 4 rings (SSSR count). The molecule has 2 heterocycles. The van der Waals surface area contributed by atoms with Crippen molar-refractivity contribution in [3.8, 4) is 11.5 Å². The molecule has 1 fully saturated rings. The third kappa shape index (κ3) is 5.14. The van der Waals surface area contributed by atoms with Gasteiger partial charge in [-0.2, -0.15) is 13.2 Å². The summed E-state index contributed by atoms with van der Waals surface area (Å²) in [5, 5.41) is 3.30. The summed E-state index contributed by atoms with van der Waals surface area (Å²) in [6, 6.07) is 10.5. The molecule has 0 radical (unpaired) electrons. The molecular formula is C23H24F3N3O5S. The van der Waals surface area contributed by atoms with Crippen LogP contribution >= 0.6 is 0 Å². The number of aromatic nitrogens is 1. The van der Waals surface area contributed by atoms with Crippen LogP contribution in [-0.4, -0.2) is 62.2 Å². The second kappa shape index (κ2) is 9.88. The van der Waals surface area contributed by atoms with Gasteiger partial charge in [0.15, 0.2) is 5.75 Å². The summed E-state index contributed by atoms with van der Waals surface area (Å²) in [7, 11) is -4.21. The molecule has 0 spiro atoms. The van der Waals surface area contributed by atoms with Crippen molar-refractivity contribution >= 4 is 26.9 Å². The highest BCUT2D eigenvalue weighted by Crippen LogP contribution is 2.39. The fourth-order valence-electron chi connectivity index (χ4n) is 4.00. The van der Waals surface area contributed by atoms with E-state index >= 15 is 0 Å². The molecule has 188 valence electrons. The van der Waals surface area contributed by atoms with E-state index in [2.05, 4.69) is 10.2 Å². The molecule has 1 saturated heterocycles. The van der Waals surface area contributed by atoms with Gasteiger partial charge >= 0.3 is 12.1 Å². The topological polar surface area (TPSA) is 89.9 Å². The van der Waals surface area contributed by atoms with E-state index in [4.69, 9.17) is 9.47 Å². The molecule has 1 aliphatic heterocycles. The average molecular weight is 512 g/mol. The molecule has 35 heavy (non-hydrogen) atoms. The first kappa shape index (κ1) is 25.0. The Labute approximate surface area is 200 Å². The molecule has 12 heteroatoms. The number of esters is 1. The van der Waals surface area contributed by atoms with E-state index in [1.165, 1.54) is 30.3 Å². The number of hydrogen-bond donors (Lipinski definition) is 1. The Hall–Kier alpha value is -3.09. The maximum atomic E-state index is 13.4. The highest BCUT2D eigenvalue weighted by Gasteiger charge is 2.42. The SMILES string of the molecule is CCOc1ccc2c(c(OC(=O)C(F)(F)F)cn2S(=O)(=O)c2ccccc2)c1CN1CCNCC1. The van der Waals surface area contributed by atoms with Crippen LogP contribution in [-0.2, 0) is 21.4 Å². The summed E-state index contributed by atoms with van der Waals surface area (Å²) in [5.41, 5.74) is 0.519. The van der Waals surface area contributed by atoms with Crippen molar-refractivity contribution in [3.63, 3.8) is 0 Å². The molecule has 2 aromatic carbocycles. The third-order valence-electron chi connectivity index (χ3n) is 5.59. The van der Waals surface area contributed by atoms with Crippen molar-refractivity contribution < 1.29 is 35.9 Å². The van der Waals surface area contributed by atoms with Crippen molar-refractivity contribution in [2.45, 2.75) is 24.5 Å². The first-order valence-corrected chi connectivity index (χ1v) is 12.4. The molecule has 1 aliphatic rings. The van der Waals surface area contributed by atoms with Gasteiger partial charge in [0, 0.05) is 38.3 Å². The fourth-order valence-corrected chi connectivity index (χ4v) is 5.37. The molecule has 0 unspecified atom stereocenters. The average Bonchev–Trinajstić information content (AvgIpc) is 3.21. The maximum absolute atomic E-state index is 13.4. The summed E-state index contributed by atoms with van der Waals surface area (Å²) < 4.78 is 77.3. The zero-order chi connectivity index (χ0) is 25.2. The molecule has 1 N–H and O–H groups in total. The van der Waals surface area contributed by atoms with Crippen LogP contribution in [0.25, 0.3) is 10.9 Å². The Balaban J connectivity index is 1.95. The van der Waals surface area contributed by atoms with Crippen LogP contribution in [0.4, 0.5) is 13.2 Å². The molecule has 0 atom stereocenters. The molecule has 8 nitrogen and oxygen atoms in total. The second-order valence-corrected chi connectivity index (χ2v) is 9.71. The minimum absolute atomic E-state index is 0.0665. The zero-order valence-corrected chi connectivity index (χ0v) is 19.7. The molecule has 0 bridgehead atoms. The molecule has 0 aliphatic carbocycles. The molecule has 0 amide bonds. The van der Waals surface area contributed by atoms with E-state index in [-0.39, 0.29) is 29.0 Å². The van der Waals surface area contributed by atoms with Crippen molar-refractivity contribution in [1.29, 1.82) is 0 Å². The Morgan fingerprint density at radius 3 is 2.37 bits per heavy atom. The standard InChI is InChI=1S/C23H24F3N3O5S/c1-2-33-19-9-8-18-21(17(19)14-28-12-10-27-11-13-28)20(34-22(30)23(24,25)26)15-29(18)35(31,32)16-6-4-3-5-7-16/h3-9,15,27H,2,10-14H2,1H3. The lowest BCUT2D eigenvalue weighted by atomic mass is 10.1. The number of carbonyl (C=O) groups excluding carboxylic acids is 1. The first-order chi connectivity index (χ1) is 16.6. The second-order valence-electron chi connectivity index (χ2n) is 7.89. The van der Waals surface area contributed by atoms with Crippen molar-refractivity contribution in [1.82, 2.24) is 14.2 Å². The van der Waals surface area contributed by atoms with Crippen LogP contribution in [0.5, 0.6) is 11.5 Å². The minimum atomic E-state index is -5.26. The van der Waals surface area contributed by atoms with Crippen LogP contribution in [0.3, 0.4) is 0 Å². The minimum Gasteiger partial charge on any atom is -0.494 e. The van der Waals surface area contributed by atoms with Crippen LogP contribution in [0, 0.1) is 0 Å². The largest absolute Gasteiger partial charge is 0.494 e. The van der Waals surface area contributed by atoms with Gasteiger partial charge in [-0.3, -0.25) is 4.90 Å². The van der Waals surface area contributed by atoms with Gasteiger partial charge in [-0.1, -0.05) is 18.2 Å². The molecule has 0 saturated carbocycles. The lowest BCUT2D eigenvalue weighted by Gasteiger charge is -2.28. The predicted molar refractivity (Wildman–Crippen MR) is 122 cm³/mol. The summed E-state index contributed by atoms with van der Waals surface area (Å²) in [4.78, 5) is 13.8. The van der Waals surface area contributed by atoms with Crippen molar-refractivity contribution in [2.24, 2.45) is 0 Å². The monoisotopic (exact) mass is 511 g/mol. The Morgan fingerprint density at radius 2 is 1.74 bits per heavy atom. The van der Waals surface area contributed by atoms with Gasteiger partial charge in [0.25, 0.3) is 10.0 Å². The summed E-state index contributed by atoms with van der Waals surface area (Å²) in [5.74, 6) is -2.57. The highest BCUT2D eigenvalue weighted by molar-refractivity contribution is 7.90. The lowest BCUT2D eigenvalue weighted by Crippen LogP contribution is -2.43. The van der Waals surface area contributed by atoms with E-state index in [9.17, 15) is 26.4 Å². The first-order valence-electron chi connectivity index (χ1n) is 11.0. The van der Waals surface area contributed by atoms with Gasteiger partial charge in [0.2, 0.25) is 0 Å². The fraction of sp³-hybridized carbons (Fsp3) is 0.348. The van der Waals surface area contributed by atoms with Crippen LogP contribution in [0.2, 0.25) is 0 Å². The van der Waals surface area contributed by atoms with E-state index < -0.39 is 27.9 Å². The van der Waals surface area contributed by atoms with Crippen LogP contribution < -0.4 is 14.8 Å². The number of rotatable bonds is 7. The van der Waals surface area contributed by atoms with E-state index in [1.54, 1.807) is 19.1 Å². The Kier molecular flexibility index (Phi) is 7.06. The number of nitrogens with one attached hydrogen (secondary N) is 1.